The largest absolute Gasteiger partial charge is 0.348 e. The maximum absolute atomic E-state index is 13.7. The zero-order valence-corrected chi connectivity index (χ0v) is 26.0. The molecule has 0 radical (unpaired) electrons. The number of aryl methyl sites for hydroxylation is 1. The lowest BCUT2D eigenvalue weighted by Crippen LogP contribution is -2.47. The first-order valence-electron chi connectivity index (χ1n) is 15.6. The van der Waals surface area contributed by atoms with Crippen LogP contribution in [0.1, 0.15) is 64.2 Å². The Morgan fingerprint density at radius 1 is 0.800 bits per heavy atom. The van der Waals surface area contributed by atoms with E-state index in [1.54, 1.807) is 24.5 Å². The van der Waals surface area contributed by atoms with Gasteiger partial charge in [0.05, 0.1) is 12.6 Å². The SMILES string of the molecule is Cc1ccc(CNCCC[C@H](NC(=O)c2ccc(CNCc3ncc[nH]3)cc2)C(=O)N[C@@H](C)c2cccc3ccccc23)cc1. The first-order valence-corrected chi connectivity index (χ1v) is 15.6. The Kier molecular flexibility index (Phi) is 11.1. The molecule has 0 aliphatic rings. The summed E-state index contributed by atoms with van der Waals surface area (Å²) in [6, 6.07) is 29.3. The fourth-order valence-electron chi connectivity index (χ4n) is 5.39. The predicted octanol–water partition coefficient (Wildman–Crippen LogP) is 5.71. The van der Waals surface area contributed by atoms with E-state index < -0.39 is 6.04 Å². The number of aromatic amines is 1. The van der Waals surface area contributed by atoms with Gasteiger partial charge in [-0.15, -0.1) is 0 Å². The van der Waals surface area contributed by atoms with Gasteiger partial charge in [-0.2, -0.15) is 0 Å². The number of amides is 2. The summed E-state index contributed by atoms with van der Waals surface area (Å²) in [6.07, 6.45) is 4.76. The average molecular weight is 603 g/mol. The molecule has 2 atom stereocenters. The Morgan fingerprint density at radius 3 is 2.27 bits per heavy atom. The van der Waals surface area contributed by atoms with E-state index in [9.17, 15) is 9.59 Å². The van der Waals surface area contributed by atoms with Gasteiger partial charge in [-0.25, -0.2) is 4.98 Å². The maximum Gasteiger partial charge on any atom is 0.251 e. The molecule has 1 heterocycles. The summed E-state index contributed by atoms with van der Waals surface area (Å²) in [6.45, 7) is 6.82. The van der Waals surface area contributed by atoms with E-state index in [0.717, 1.165) is 47.2 Å². The minimum Gasteiger partial charge on any atom is -0.348 e. The van der Waals surface area contributed by atoms with Gasteiger partial charge in [-0.1, -0.05) is 84.4 Å². The van der Waals surface area contributed by atoms with E-state index in [1.165, 1.54) is 11.1 Å². The van der Waals surface area contributed by atoms with Crippen LogP contribution in [0.2, 0.25) is 0 Å². The number of rotatable bonds is 15. The lowest BCUT2D eigenvalue weighted by molar-refractivity contribution is -0.123. The van der Waals surface area contributed by atoms with Crippen molar-refractivity contribution < 1.29 is 9.59 Å². The number of hydrogen-bond acceptors (Lipinski definition) is 5. The van der Waals surface area contributed by atoms with Crippen molar-refractivity contribution in [3.8, 4) is 0 Å². The lowest BCUT2D eigenvalue weighted by atomic mass is 9.99. The molecular weight excluding hydrogens is 560 g/mol. The molecule has 0 bridgehead atoms. The van der Waals surface area contributed by atoms with Crippen molar-refractivity contribution in [2.24, 2.45) is 0 Å². The summed E-state index contributed by atoms with van der Waals surface area (Å²) in [5, 5.41) is 15.2. The van der Waals surface area contributed by atoms with Gasteiger partial charge in [0.2, 0.25) is 5.91 Å². The Bertz CT molecular complexity index is 1660. The normalized spacial score (nSPS) is 12.5. The monoisotopic (exact) mass is 602 g/mol. The number of H-pyrrole nitrogens is 1. The van der Waals surface area contributed by atoms with Gasteiger partial charge in [0.15, 0.2) is 0 Å². The minimum atomic E-state index is -0.675. The number of carbonyl (C=O) groups excluding carboxylic acids is 2. The highest BCUT2D eigenvalue weighted by atomic mass is 16.2. The first kappa shape index (κ1) is 31.6. The van der Waals surface area contributed by atoms with Gasteiger partial charge >= 0.3 is 0 Å². The number of fused-ring (bicyclic) bond motifs is 1. The number of hydrogen-bond donors (Lipinski definition) is 5. The fourth-order valence-corrected chi connectivity index (χ4v) is 5.39. The molecule has 45 heavy (non-hydrogen) atoms. The van der Waals surface area contributed by atoms with Crippen LogP contribution >= 0.6 is 0 Å². The molecule has 0 unspecified atom stereocenters. The molecule has 8 heteroatoms. The second-order valence-electron chi connectivity index (χ2n) is 11.5. The second-order valence-corrected chi connectivity index (χ2v) is 11.5. The minimum absolute atomic E-state index is 0.193. The van der Waals surface area contributed by atoms with Crippen LogP contribution < -0.4 is 21.3 Å². The van der Waals surface area contributed by atoms with E-state index in [1.807, 2.05) is 43.3 Å². The smallest absolute Gasteiger partial charge is 0.251 e. The van der Waals surface area contributed by atoms with Gasteiger partial charge in [-0.3, -0.25) is 9.59 Å². The van der Waals surface area contributed by atoms with E-state index in [0.29, 0.717) is 25.1 Å². The van der Waals surface area contributed by atoms with E-state index in [-0.39, 0.29) is 17.9 Å². The highest BCUT2D eigenvalue weighted by molar-refractivity contribution is 5.97. The molecule has 0 spiro atoms. The Morgan fingerprint density at radius 2 is 1.51 bits per heavy atom. The van der Waals surface area contributed by atoms with Crippen LogP contribution in [0.5, 0.6) is 0 Å². The van der Waals surface area contributed by atoms with E-state index in [4.69, 9.17) is 0 Å². The molecule has 0 fully saturated rings. The highest BCUT2D eigenvalue weighted by Crippen LogP contribution is 2.24. The van der Waals surface area contributed by atoms with Gasteiger partial charge < -0.3 is 26.3 Å². The van der Waals surface area contributed by atoms with Crippen LogP contribution in [0.15, 0.2) is 103 Å². The molecule has 5 rings (SSSR count). The van der Waals surface area contributed by atoms with Gasteiger partial charge in [0.1, 0.15) is 11.9 Å². The third-order valence-electron chi connectivity index (χ3n) is 7.96. The van der Waals surface area contributed by atoms with Crippen LogP contribution in [0, 0.1) is 6.92 Å². The molecule has 0 saturated heterocycles. The number of nitrogens with one attached hydrogen (secondary N) is 5. The Balaban J connectivity index is 1.20. The number of nitrogens with zero attached hydrogens (tertiary/aromatic N) is 1. The van der Waals surface area contributed by atoms with Crippen LogP contribution in [-0.2, 0) is 24.4 Å². The number of imidazole rings is 1. The Hall–Kier alpha value is -4.79. The average Bonchev–Trinajstić information content (AvgIpc) is 3.58. The molecule has 232 valence electrons. The summed E-state index contributed by atoms with van der Waals surface area (Å²) >= 11 is 0. The van der Waals surface area contributed by atoms with Gasteiger partial charge in [0.25, 0.3) is 5.91 Å². The van der Waals surface area contributed by atoms with Crippen molar-refractivity contribution in [1.82, 2.24) is 31.2 Å². The van der Waals surface area contributed by atoms with Crippen LogP contribution in [0.25, 0.3) is 10.8 Å². The van der Waals surface area contributed by atoms with Crippen molar-refractivity contribution in [2.75, 3.05) is 6.54 Å². The summed E-state index contributed by atoms with van der Waals surface area (Å²) in [4.78, 5) is 34.3. The highest BCUT2D eigenvalue weighted by Gasteiger charge is 2.23. The Labute approximate surface area is 265 Å². The molecule has 4 aromatic carbocycles. The second kappa shape index (κ2) is 15.8. The zero-order valence-electron chi connectivity index (χ0n) is 26.0. The van der Waals surface area contributed by atoms with Crippen molar-refractivity contribution >= 4 is 22.6 Å². The third-order valence-corrected chi connectivity index (χ3v) is 7.96. The lowest BCUT2D eigenvalue weighted by Gasteiger charge is -2.23. The van der Waals surface area contributed by atoms with E-state index in [2.05, 4.69) is 80.6 Å². The van der Waals surface area contributed by atoms with Crippen molar-refractivity contribution in [3.05, 3.63) is 137 Å². The molecule has 5 aromatic rings. The van der Waals surface area contributed by atoms with Crippen LogP contribution in [0.4, 0.5) is 0 Å². The molecule has 0 aliphatic carbocycles. The van der Waals surface area contributed by atoms with Crippen LogP contribution in [-0.4, -0.2) is 34.4 Å². The summed E-state index contributed by atoms with van der Waals surface area (Å²) in [7, 11) is 0. The number of aromatic nitrogens is 2. The van der Waals surface area contributed by atoms with Crippen molar-refractivity contribution in [2.45, 2.75) is 58.4 Å². The van der Waals surface area contributed by atoms with Gasteiger partial charge in [-0.05, 0) is 72.8 Å². The van der Waals surface area contributed by atoms with Crippen molar-refractivity contribution in [3.63, 3.8) is 0 Å². The van der Waals surface area contributed by atoms with E-state index >= 15 is 0 Å². The first-order chi connectivity index (χ1) is 22.0. The molecule has 0 aliphatic heterocycles. The quantitative estimate of drug-likeness (QED) is 0.0987. The maximum atomic E-state index is 13.7. The molecular formula is C37H42N6O2. The number of benzene rings is 4. The third kappa shape index (κ3) is 9.11. The standard InChI is InChI=1S/C37H42N6O2/c1-26-12-14-28(15-13-26)23-38-20-6-11-34(37(45)42-27(2)32-10-5-8-30-7-3-4-9-33(30)32)43-36(44)31-18-16-29(17-19-31)24-39-25-35-40-21-22-41-35/h3-5,7-10,12-19,21-22,27,34,38-39H,6,11,20,23-25H2,1-2H3,(H,40,41)(H,42,45)(H,43,44)/t27-,34-/m0/s1. The fraction of sp³-hybridized carbons (Fsp3) is 0.270. The molecule has 5 N–H and O–H groups in total. The van der Waals surface area contributed by atoms with Crippen molar-refractivity contribution in [1.29, 1.82) is 0 Å². The molecule has 8 nitrogen and oxygen atoms in total. The van der Waals surface area contributed by atoms with Crippen LogP contribution in [0.3, 0.4) is 0 Å². The van der Waals surface area contributed by atoms with Gasteiger partial charge in [0, 0.05) is 31.0 Å². The summed E-state index contributed by atoms with van der Waals surface area (Å²) in [5.41, 5.74) is 5.06. The zero-order chi connectivity index (χ0) is 31.4. The molecule has 0 saturated carbocycles. The molecule has 2 amide bonds. The number of carbonyl (C=O) groups is 2. The molecule has 1 aromatic heterocycles. The topological polar surface area (TPSA) is 111 Å². The predicted molar refractivity (Wildman–Crippen MR) is 179 cm³/mol. The summed E-state index contributed by atoms with van der Waals surface area (Å²) in [5.74, 6) is 0.409. The summed E-state index contributed by atoms with van der Waals surface area (Å²) < 4.78 is 0.